The summed E-state index contributed by atoms with van der Waals surface area (Å²) in [6, 6.07) is 7.78. The van der Waals surface area contributed by atoms with Gasteiger partial charge in [-0.1, -0.05) is 38.3 Å². The van der Waals surface area contributed by atoms with Gasteiger partial charge >= 0.3 is 0 Å². The van der Waals surface area contributed by atoms with Gasteiger partial charge in [-0.15, -0.1) is 0 Å². The second-order valence-corrected chi connectivity index (χ2v) is 8.26. The molecule has 3 atom stereocenters. The summed E-state index contributed by atoms with van der Waals surface area (Å²) in [5.41, 5.74) is 1.83. The quantitative estimate of drug-likeness (QED) is 0.704. The maximum Gasteiger partial charge on any atom is 0.226 e. The number of aryl methyl sites for hydroxylation is 2. The average molecular weight is 389 g/mol. The molecule has 27 heavy (non-hydrogen) atoms. The lowest BCUT2D eigenvalue weighted by Gasteiger charge is -2.34. The van der Waals surface area contributed by atoms with Crippen LogP contribution in [0.1, 0.15) is 57.4 Å². The lowest BCUT2D eigenvalue weighted by Crippen LogP contribution is -2.43. The lowest BCUT2D eigenvalue weighted by molar-refractivity contribution is -0.122. The zero-order valence-corrected chi connectivity index (χ0v) is 17.2. The van der Waals surface area contributed by atoms with Crippen LogP contribution in [-0.2, 0) is 11.2 Å². The molecule has 1 saturated carbocycles. The summed E-state index contributed by atoms with van der Waals surface area (Å²) in [6.07, 6.45) is 5.63. The highest BCUT2D eigenvalue weighted by atomic mass is 35.5. The van der Waals surface area contributed by atoms with E-state index in [1.807, 2.05) is 31.2 Å². The van der Waals surface area contributed by atoms with E-state index >= 15 is 0 Å². The highest BCUT2D eigenvalue weighted by Crippen LogP contribution is 2.29. The molecule has 0 saturated heterocycles. The first kappa shape index (κ1) is 19.9. The second kappa shape index (κ2) is 8.92. The van der Waals surface area contributed by atoms with E-state index in [1.54, 1.807) is 0 Å². The molecule has 1 aromatic carbocycles. The molecule has 3 unspecified atom stereocenters. The van der Waals surface area contributed by atoms with Gasteiger partial charge in [0.15, 0.2) is 0 Å². The van der Waals surface area contributed by atoms with Crippen molar-refractivity contribution in [3.8, 4) is 11.5 Å². The number of carbonyl (C=O) groups is 1. The Morgan fingerprint density at radius 1 is 1.26 bits per heavy atom. The zero-order valence-electron chi connectivity index (χ0n) is 16.4. The van der Waals surface area contributed by atoms with Gasteiger partial charge in [0.2, 0.25) is 11.8 Å². The maximum absolute atomic E-state index is 12.3. The van der Waals surface area contributed by atoms with Crippen molar-refractivity contribution in [2.75, 3.05) is 0 Å². The predicted molar refractivity (Wildman–Crippen MR) is 109 cm³/mol. The molecule has 1 aliphatic rings. The molecule has 1 N–H and O–H groups in total. The average Bonchev–Trinajstić information content (AvgIpc) is 3.00. The minimum atomic E-state index is 0.153. The number of aromatic nitrogens is 1. The molecular weight excluding hydrogens is 360 g/mol. The summed E-state index contributed by atoms with van der Waals surface area (Å²) < 4.78 is 5.79. The number of benzene rings is 1. The summed E-state index contributed by atoms with van der Waals surface area (Å²) in [6.45, 7) is 6.47. The van der Waals surface area contributed by atoms with Gasteiger partial charge in [-0.05, 0) is 62.3 Å². The van der Waals surface area contributed by atoms with E-state index in [1.165, 1.54) is 12.8 Å². The summed E-state index contributed by atoms with van der Waals surface area (Å²) in [5, 5.41) is 3.93. The highest BCUT2D eigenvalue weighted by molar-refractivity contribution is 6.30. The molecule has 0 aliphatic heterocycles. The van der Waals surface area contributed by atoms with Crippen molar-refractivity contribution in [1.82, 2.24) is 10.3 Å². The van der Waals surface area contributed by atoms with Crippen molar-refractivity contribution in [2.45, 2.75) is 65.3 Å². The van der Waals surface area contributed by atoms with Crippen LogP contribution in [0.2, 0.25) is 5.02 Å². The Morgan fingerprint density at radius 2 is 2.00 bits per heavy atom. The van der Waals surface area contributed by atoms with Gasteiger partial charge in [0.05, 0.1) is 5.69 Å². The van der Waals surface area contributed by atoms with Crippen molar-refractivity contribution in [2.24, 2.45) is 11.8 Å². The van der Waals surface area contributed by atoms with Crippen molar-refractivity contribution in [3.05, 3.63) is 40.7 Å². The number of carbonyl (C=O) groups excluding carboxylic acids is 1. The Hall–Kier alpha value is -1.81. The largest absolute Gasteiger partial charge is 0.441 e. The number of oxazole rings is 1. The summed E-state index contributed by atoms with van der Waals surface area (Å²) >= 11 is 5.93. The standard InChI is InChI=1S/C22H29ClN2O2/c1-14-6-4-7-19(15(14)2)24-21(26)9-5-8-20-16(3)27-22(25-20)17-10-12-18(23)13-11-17/h10-15,19H,4-9H2,1-3H3,(H,24,26). The Bertz CT molecular complexity index is 769. The van der Waals surface area contributed by atoms with Gasteiger partial charge in [0.1, 0.15) is 5.76 Å². The molecule has 0 bridgehead atoms. The molecule has 1 fully saturated rings. The van der Waals surface area contributed by atoms with Crippen LogP contribution in [0.15, 0.2) is 28.7 Å². The SMILES string of the molecule is Cc1oc(-c2ccc(Cl)cc2)nc1CCCC(=O)NC1CCCC(C)C1C. The van der Waals surface area contributed by atoms with Crippen molar-refractivity contribution in [1.29, 1.82) is 0 Å². The Morgan fingerprint density at radius 3 is 2.74 bits per heavy atom. The molecule has 0 radical (unpaired) electrons. The van der Waals surface area contributed by atoms with E-state index in [-0.39, 0.29) is 5.91 Å². The summed E-state index contributed by atoms with van der Waals surface area (Å²) in [4.78, 5) is 16.9. The number of nitrogens with one attached hydrogen (secondary N) is 1. The predicted octanol–water partition coefficient (Wildman–Crippen LogP) is 5.57. The third-order valence-corrected chi connectivity index (χ3v) is 6.11. The third kappa shape index (κ3) is 5.13. The fraction of sp³-hybridized carbons (Fsp3) is 0.545. The topological polar surface area (TPSA) is 55.1 Å². The van der Waals surface area contributed by atoms with Crippen molar-refractivity contribution < 1.29 is 9.21 Å². The van der Waals surface area contributed by atoms with Crippen LogP contribution < -0.4 is 5.32 Å². The van der Waals surface area contributed by atoms with Crippen LogP contribution in [0.3, 0.4) is 0 Å². The maximum atomic E-state index is 12.3. The Balaban J connectivity index is 1.50. The molecule has 1 amide bonds. The van der Waals surface area contributed by atoms with Gasteiger partial charge in [-0.25, -0.2) is 4.98 Å². The first-order chi connectivity index (χ1) is 12.9. The van der Waals surface area contributed by atoms with Crippen LogP contribution in [0, 0.1) is 18.8 Å². The van der Waals surface area contributed by atoms with E-state index in [0.29, 0.717) is 35.2 Å². The molecule has 5 heteroatoms. The first-order valence-electron chi connectivity index (χ1n) is 9.95. The molecule has 1 aromatic heterocycles. The lowest BCUT2D eigenvalue weighted by atomic mass is 9.78. The number of amides is 1. The molecule has 0 spiro atoms. The van der Waals surface area contributed by atoms with Crippen molar-refractivity contribution >= 4 is 17.5 Å². The molecule has 146 valence electrons. The molecule has 1 aliphatic carbocycles. The van der Waals surface area contributed by atoms with Gasteiger partial charge in [0.25, 0.3) is 0 Å². The summed E-state index contributed by atoms with van der Waals surface area (Å²) in [5.74, 6) is 2.82. The van der Waals surface area contributed by atoms with Gasteiger partial charge in [-0.2, -0.15) is 0 Å². The Kier molecular flexibility index (Phi) is 6.59. The number of nitrogens with zero attached hydrogens (tertiary/aromatic N) is 1. The number of hydrogen-bond acceptors (Lipinski definition) is 3. The molecule has 4 nitrogen and oxygen atoms in total. The van der Waals surface area contributed by atoms with Crippen molar-refractivity contribution in [3.63, 3.8) is 0 Å². The summed E-state index contributed by atoms with van der Waals surface area (Å²) in [7, 11) is 0. The van der Waals surface area contributed by atoms with Crippen LogP contribution in [0.25, 0.3) is 11.5 Å². The van der Waals surface area contributed by atoms with E-state index in [4.69, 9.17) is 16.0 Å². The molecule has 3 rings (SSSR count). The highest BCUT2D eigenvalue weighted by Gasteiger charge is 2.27. The van der Waals surface area contributed by atoms with Gasteiger partial charge in [-0.3, -0.25) is 4.79 Å². The minimum Gasteiger partial charge on any atom is -0.441 e. The van der Waals surface area contributed by atoms with E-state index in [2.05, 4.69) is 24.1 Å². The fourth-order valence-corrected chi connectivity index (χ4v) is 3.98. The minimum absolute atomic E-state index is 0.153. The van der Waals surface area contributed by atoms with Crippen LogP contribution in [-0.4, -0.2) is 16.9 Å². The third-order valence-electron chi connectivity index (χ3n) is 5.85. The number of halogens is 1. The Labute approximate surface area is 166 Å². The number of rotatable bonds is 6. The second-order valence-electron chi connectivity index (χ2n) is 7.82. The smallest absolute Gasteiger partial charge is 0.226 e. The zero-order chi connectivity index (χ0) is 19.4. The normalized spacial score (nSPS) is 22.6. The van der Waals surface area contributed by atoms with Crippen LogP contribution in [0.4, 0.5) is 0 Å². The van der Waals surface area contributed by atoms with Crippen LogP contribution >= 0.6 is 11.6 Å². The van der Waals surface area contributed by atoms with Gasteiger partial charge in [0, 0.05) is 23.0 Å². The number of hydrogen-bond donors (Lipinski definition) is 1. The van der Waals surface area contributed by atoms with Gasteiger partial charge < -0.3 is 9.73 Å². The fourth-order valence-electron chi connectivity index (χ4n) is 3.86. The first-order valence-corrected chi connectivity index (χ1v) is 10.3. The monoisotopic (exact) mass is 388 g/mol. The molecule has 2 aromatic rings. The van der Waals surface area contributed by atoms with E-state index < -0.39 is 0 Å². The molecule has 1 heterocycles. The van der Waals surface area contributed by atoms with E-state index in [0.717, 1.165) is 36.3 Å². The van der Waals surface area contributed by atoms with E-state index in [9.17, 15) is 4.79 Å². The molecular formula is C22H29ClN2O2. The van der Waals surface area contributed by atoms with Crippen LogP contribution in [0.5, 0.6) is 0 Å².